The van der Waals surface area contributed by atoms with E-state index in [1.54, 1.807) is 0 Å². The maximum absolute atomic E-state index is 6.47. The number of hydrogen-bond donors (Lipinski definition) is 1. The molecule has 0 amide bonds. The van der Waals surface area contributed by atoms with Crippen molar-refractivity contribution in [1.82, 2.24) is 0 Å². The Kier molecular flexibility index (Phi) is 4.64. The maximum Gasteiger partial charge on any atom is 0.0294 e. The molecule has 1 aromatic carbocycles. The second kappa shape index (κ2) is 6.35. The summed E-state index contributed by atoms with van der Waals surface area (Å²) >= 11 is 0. The SMILES string of the molecule is CC1CC2CCC(C(C)C)(C1)C2CC[C@H](N)c1ccccc1. The van der Waals surface area contributed by atoms with Crippen molar-refractivity contribution in [3.05, 3.63) is 35.9 Å². The molecule has 2 saturated carbocycles. The summed E-state index contributed by atoms with van der Waals surface area (Å²) in [5.41, 5.74) is 8.38. The molecule has 0 saturated heterocycles. The lowest BCUT2D eigenvalue weighted by Crippen LogP contribution is -2.39. The predicted molar refractivity (Wildman–Crippen MR) is 94.5 cm³/mol. The first-order valence-electron chi connectivity index (χ1n) is 9.33. The van der Waals surface area contributed by atoms with Gasteiger partial charge in [0.15, 0.2) is 0 Å². The van der Waals surface area contributed by atoms with Crippen molar-refractivity contribution in [2.45, 2.75) is 65.3 Å². The van der Waals surface area contributed by atoms with Crippen LogP contribution in [0.1, 0.15) is 70.9 Å². The minimum Gasteiger partial charge on any atom is -0.324 e. The third kappa shape index (κ3) is 2.85. The van der Waals surface area contributed by atoms with E-state index in [1.807, 2.05) is 0 Å². The first kappa shape index (κ1) is 16.1. The van der Waals surface area contributed by atoms with Crippen molar-refractivity contribution < 1.29 is 0 Å². The standard InChI is InChI=1S/C21H33N/c1-15(2)21-12-11-18(13-16(3)14-21)19(21)9-10-20(22)17-7-5-4-6-8-17/h4-8,15-16,18-20H,9-14,22H2,1-3H3/t16?,18?,19?,20-,21?/m0/s1. The molecule has 5 atom stereocenters. The molecule has 2 N–H and O–H groups in total. The second-order valence-corrected chi connectivity index (χ2v) is 8.43. The minimum absolute atomic E-state index is 0.212. The van der Waals surface area contributed by atoms with Crippen molar-refractivity contribution in [1.29, 1.82) is 0 Å². The van der Waals surface area contributed by atoms with E-state index in [4.69, 9.17) is 5.73 Å². The summed E-state index contributed by atoms with van der Waals surface area (Å²) in [5.74, 6) is 3.62. The third-order valence-corrected chi connectivity index (χ3v) is 6.89. The van der Waals surface area contributed by atoms with Crippen LogP contribution in [-0.4, -0.2) is 0 Å². The Morgan fingerprint density at radius 1 is 1.23 bits per heavy atom. The molecule has 0 heterocycles. The maximum atomic E-state index is 6.47. The highest BCUT2D eigenvalue weighted by Crippen LogP contribution is 2.62. The zero-order valence-electron chi connectivity index (χ0n) is 14.6. The number of hydrogen-bond acceptors (Lipinski definition) is 1. The Labute approximate surface area is 136 Å². The van der Waals surface area contributed by atoms with E-state index in [9.17, 15) is 0 Å². The van der Waals surface area contributed by atoms with Crippen molar-refractivity contribution in [3.8, 4) is 0 Å². The van der Waals surface area contributed by atoms with Crippen LogP contribution in [0.15, 0.2) is 30.3 Å². The lowest BCUT2D eigenvalue weighted by atomic mass is 9.58. The summed E-state index contributed by atoms with van der Waals surface area (Å²) in [5, 5.41) is 0. The monoisotopic (exact) mass is 299 g/mol. The van der Waals surface area contributed by atoms with E-state index in [0.29, 0.717) is 5.41 Å². The largest absolute Gasteiger partial charge is 0.324 e. The molecular formula is C21H33N. The second-order valence-electron chi connectivity index (χ2n) is 8.43. The molecule has 0 radical (unpaired) electrons. The highest BCUT2D eigenvalue weighted by atomic mass is 14.6. The minimum atomic E-state index is 0.212. The summed E-state index contributed by atoms with van der Waals surface area (Å²) < 4.78 is 0. The van der Waals surface area contributed by atoms with Gasteiger partial charge in [0.1, 0.15) is 0 Å². The predicted octanol–water partition coefficient (Wildman–Crippen LogP) is 5.57. The molecule has 2 fully saturated rings. The van der Waals surface area contributed by atoms with E-state index < -0.39 is 0 Å². The van der Waals surface area contributed by atoms with Gasteiger partial charge in [-0.05, 0) is 73.2 Å². The highest BCUT2D eigenvalue weighted by Gasteiger charge is 2.53. The molecule has 0 aliphatic heterocycles. The zero-order valence-corrected chi connectivity index (χ0v) is 14.6. The number of benzene rings is 1. The highest BCUT2D eigenvalue weighted by molar-refractivity contribution is 5.18. The molecule has 1 aromatic rings. The van der Waals surface area contributed by atoms with Crippen molar-refractivity contribution in [2.75, 3.05) is 0 Å². The molecule has 0 aromatic heterocycles. The molecule has 4 unspecified atom stereocenters. The Balaban J connectivity index is 1.69. The van der Waals surface area contributed by atoms with Gasteiger partial charge in [0.2, 0.25) is 0 Å². The van der Waals surface area contributed by atoms with Crippen LogP contribution in [0.3, 0.4) is 0 Å². The van der Waals surface area contributed by atoms with Crippen LogP contribution in [0.25, 0.3) is 0 Å². The average Bonchev–Trinajstić information content (AvgIpc) is 2.73. The lowest BCUT2D eigenvalue weighted by Gasteiger charge is -2.47. The van der Waals surface area contributed by atoms with E-state index in [0.717, 1.165) is 30.1 Å². The summed E-state index contributed by atoms with van der Waals surface area (Å²) in [6, 6.07) is 10.9. The number of nitrogens with two attached hydrogens (primary N) is 1. The van der Waals surface area contributed by atoms with Crippen LogP contribution in [0, 0.1) is 29.1 Å². The molecule has 0 spiro atoms. The fourth-order valence-electron chi connectivity index (χ4n) is 5.80. The average molecular weight is 300 g/mol. The molecule has 1 heteroatoms. The summed E-state index contributed by atoms with van der Waals surface area (Å²) in [6.45, 7) is 7.40. The lowest BCUT2D eigenvalue weighted by molar-refractivity contribution is 0.0208. The van der Waals surface area contributed by atoms with Gasteiger partial charge in [-0.15, -0.1) is 0 Å². The molecule has 2 aliphatic carbocycles. The third-order valence-electron chi connectivity index (χ3n) is 6.89. The van der Waals surface area contributed by atoms with Gasteiger partial charge in [-0.1, -0.05) is 51.1 Å². The Morgan fingerprint density at radius 3 is 2.64 bits per heavy atom. The van der Waals surface area contributed by atoms with Crippen molar-refractivity contribution in [2.24, 2.45) is 34.8 Å². The molecule has 2 bridgehead atoms. The quantitative estimate of drug-likeness (QED) is 0.756. The topological polar surface area (TPSA) is 26.0 Å². The Bertz CT molecular complexity index is 480. The van der Waals surface area contributed by atoms with E-state index >= 15 is 0 Å². The zero-order chi connectivity index (χ0) is 15.7. The molecule has 2 aliphatic rings. The fourth-order valence-corrected chi connectivity index (χ4v) is 5.80. The van der Waals surface area contributed by atoms with Crippen LogP contribution >= 0.6 is 0 Å². The van der Waals surface area contributed by atoms with Gasteiger partial charge in [0.25, 0.3) is 0 Å². The van der Waals surface area contributed by atoms with Crippen LogP contribution in [0.5, 0.6) is 0 Å². The summed E-state index contributed by atoms with van der Waals surface area (Å²) in [4.78, 5) is 0. The van der Waals surface area contributed by atoms with Crippen LogP contribution in [-0.2, 0) is 0 Å². The van der Waals surface area contributed by atoms with Gasteiger partial charge < -0.3 is 5.73 Å². The normalized spacial score (nSPS) is 35.8. The first-order chi connectivity index (χ1) is 10.5. The number of fused-ring (bicyclic) bond motifs is 2. The van der Waals surface area contributed by atoms with Gasteiger partial charge in [-0.2, -0.15) is 0 Å². The van der Waals surface area contributed by atoms with Crippen molar-refractivity contribution in [3.63, 3.8) is 0 Å². The summed E-state index contributed by atoms with van der Waals surface area (Å²) in [6.07, 6.45) is 8.31. The van der Waals surface area contributed by atoms with E-state index in [1.165, 1.54) is 37.7 Å². The van der Waals surface area contributed by atoms with E-state index in [2.05, 4.69) is 51.1 Å². The van der Waals surface area contributed by atoms with Gasteiger partial charge in [0.05, 0.1) is 0 Å². The number of rotatable bonds is 5. The molecule has 3 rings (SSSR count). The van der Waals surface area contributed by atoms with Crippen LogP contribution in [0.2, 0.25) is 0 Å². The summed E-state index contributed by atoms with van der Waals surface area (Å²) in [7, 11) is 0. The van der Waals surface area contributed by atoms with Crippen molar-refractivity contribution >= 4 is 0 Å². The van der Waals surface area contributed by atoms with Crippen LogP contribution in [0.4, 0.5) is 0 Å². The van der Waals surface area contributed by atoms with Gasteiger partial charge >= 0.3 is 0 Å². The molecule has 1 nitrogen and oxygen atoms in total. The van der Waals surface area contributed by atoms with E-state index in [-0.39, 0.29) is 6.04 Å². The Hall–Kier alpha value is -0.820. The molecule has 22 heavy (non-hydrogen) atoms. The molecular weight excluding hydrogens is 266 g/mol. The molecule has 122 valence electrons. The first-order valence-corrected chi connectivity index (χ1v) is 9.33. The van der Waals surface area contributed by atoms with Gasteiger partial charge in [-0.25, -0.2) is 0 Å². The smallest absolute Gasteiger partial charge is 0.0294 e. The van der Waals surface area contributed by atoms with Gasteiger partial charge in [0, 0.05) is 6.04 Å². The Morgan fingerprint density at radius 2 is 1.95 bits per heavy atom. The fraction of sp³-hybridized carbons (Fsp3) is 0.714. The van der Waals surface area contributed by atoms with Crippen LogP contribution < -0.4 is 5.73 Å². The van der Waals surface area contributed by atoms with Gasteiger partial charge in [-0.3, -0.25) is 0 Å².